The van der Waals surface area contributed by atoms with E-state index in [1.807, 2.05) is 17.4 Å². The second-order valence-corrected chi connectivity index (χ2v) is 8.71. The van der Waals surface area contributed by atoms with Crippen molar-refractivity contribution in [2.45, 2.75) is 44.4 Å². The van der Waals surface area contributed by atoms with Gasteiger partial charge >= 0.3 is 0 Å². The molecule has 0 aliphatic carbocycles. The maximum Gasteiger partial charge on any atom is 0.225 e. The molecule has 2 fully saturated rings. The number of ether oxygens (including phenoxy) is 1. The molecule has 0 amide bonds. The average Bonchev–Trinajstić information content (AvgIpc) is 3.22. The van der Waals surface area contributed by atoms with Gasteiger partial charge in [-0.3, -0.25) is 4.90 Å². The van der Waals surface area contributed by atoms with Crippen LogP contribution in [0.5, 0.6) is 0 Å². The molecular formula is C19H26N4OS. The highest BCUT2D eigenvalue weighted by Crippen LogP contribution is 2.37. The Bertz CT molecular complexity index is 706. The Morgan fingerprint density at radius 1 is 1.36 bits per heavy atom. The first kappa shape index (κ1) is 16.9. The Hall–Kier alpha value is -1.50. The van der Waals surface area contributed by atoms with E-state index in [0.29, 0.717) is 6.04 Å². The Morgan fingerprint density at radius 3 is 2.96 bits per heavy atom. The molecule has 1 spiro atoms. The van der Waals surface area contributed by atoms with Crippen LogP contribution in [-0.2, 0) is 11.3 Å². The minimum atomic E-state index is -0.00173. The molecule has 6 heteroatoms. The first-order valence-corrected chi connectivity index (χ1v) is 9.87. The summed E-state index contributed by atoms with van der Waals surface area (Å²) >= 11 is 1.91. The second-order valence-electron chi connectivity index (χ2n) is 7.34. The van der Waals surface area contributed by atoms with Crippen molar-refractivity contribution in [1.82, 2.24) is 14.9 Å². The van der Waals surface area contributed by atoms with Crippen molar-refractivity contribution in [3.63, 3.8) is 0 Å². The highest BCUT2D eigenvalue weighted by Gasteiger charge is 2.44. The lowest BCUT2D eigenvalue weighted by Gasteiger charge is -2.39. The molecule has 25 heavy (non-hydrogen) atoms. The molecule has 2 saturated heterocycles. The highest BCUT2D eigenvalue weighted by atomic mass is 32.1. The van der Waals surface area contributed by atoms with Gasteiger partial charge < -0.3 is 9.64 Å². The summed E-state index contributed by atoms with van der Waals surface area (Å²) in [6.45, 7) is 6.19. The first-order valence-electron chi connectivity index (χ1n) is 9.05. The molecule has 0 saturated carbocycles. The topological polar surface area (TPSA) is 41.5 Å². The predicted molar refractivity (Wildman–Crippen MR) is 101 cm³/mol. The van der Waals surface area contributed by atoms with Gasteiger partial charge in [0.05, 0.1) is 18.2 Å². The van der Waals surface area contributed by atoms with Crippen LogP contribution in [0.4, 0.5) is 5.95 Å². The van der Waals surface area contributed by atoms with E-state index < -0.39 is 0 Å². The van der Waals surface area contributed by atoms with E-state index in [-0.39, 0.29) is 5.60 Å². The lowest BCUT2D eigenvalue weighted by molar-refractivity contribution is -0.0531. The first-order chi connectivity index (χ1) is 12.1. The van der Waals surface area contributed by atoms with E-state index in [4.69, 9.17) is 4.74 Å². The molecule has 4 rings (SSSR count). The molecular weight excluding hydrogens is 332 g/mol. The molecule has 0 N–H and O–H groups in total. The standard InChI is InChI=1S/C19H26N4OS/c1-15-5-6-17(25-15)12-23-10-3-7-19(14-23)11-16(13-24-19)22(2)18-20-8-4-9-21-18/h4-6,8-9,16H,3,7,10-14H2,1-2H3/t16-,19+/m0/s1. The number of hydrogen-bond donors (Lipinski definition) is 0. The van der Waals surface area contributed by atoms with Crippen molar-refractivity contribution in [3.05, 3.63) is 40.3 Å². The van der Waals surface area contributed by atoms with Gasteiger partial charge in [-0.15, -0.1) is 11.3 Å². The minimum Gasteiger partial charge on any atom is -0.371 e. The third kappa shape index (κ3) is 3.71. The van der Waals surface area contributed by atoms with Crippen LogP contribution in [0, 0.1) is 6.92 Å². The molecule has 2 aliphatic heterocycles. The SMILES string of the molecule is Cc1ccc(CN2CCC[C@@]3(C[C@H](N(C)c4ncccn4)CO3)C2)s1. The van der Waals surface area contributed by atoms with E-state index in [1.54, 1.807) is 12.4 Å². The lowest BCUT2D eigenvalue weighted by atomic mass is 9.88. The van der Waals surface area contributed by atoms with Gasteiger partial charge in [-0.25, -0.2) is 9.97 Å². The van der Waals surface area contributed by atoms with Gasteiger partial charge in [0.2, 0.25) is 5.95 Å². The molecule has 0 radical (unpaired) electrons. The number of rotatable bonds is 4. The van der Waals surface area contributed by atoms with Crippen LogP contribution in [0.25, 0.3) is 0 Å². The van der Waals surface area contributed by atoms with E-state index in [0.717, 1.165) is 38.5 Å². The summed E-state index contributed by atoms with van der Waals surface area (Å²) in [4.78, 5) is 16.4. The molecule has 0 aromatic carbocycles. The number of thiophene rings is 1. The molecule has 134 valence electrons. The van der Waals surface area contributed by atoms with Gasteiger partial charge in [-0.05, 0) is 44.5 Å². The number of aromatic nitrogens is 2. The van der Waals surface area contributed by atoms with Crippen LogP contribution >= 0.6 is 11.3 Å². The summed E-state index contributed by atoms with van der Waals surface area (Å²) in [6, 6.07) is 6.69. The molecule has 0 bridgehead atoms. The fraction of sp³-hybridized carbons (Fsp3) is 0.579. The number of likely N-dealkylation sites (N-methyl/N-ethyl adjacent to an activating group) is 1. The summed E-state index contributed by atoms with van der Waals surface area (Å²) in [5.41, 5.74) is -0.00173. The van der Waals surface area contributed by atoms with Crippen LogP contribution in [0.2, 0.25) is 0 Å². The van der Waals surface area contributed by atoms with Crippen molar-refractivity contribution in [3.8, 4) is 0 Å². The van der Waals surface area contributed by atoms with Crippen molar-refractivity contribution >= 4 is 17.3 Å². The third-order valence-electron chi connectivity index (χ3n) is 5.40. The van der Waals surface area contributed by atoms with Crippen LogP contribution in [0.3, 0.4) is 0 Å². The van der Waals surface area contributed by atoms with Crippen LogP contribution in [0.1, 0.15) is 29.0 Å². The Morgan fingerprint density at radius 2 is 2.20 bits per heavy atom. The van der Waals surface area contributed by atoms with Crippen molar-refractivity contribution in [1.29, 1.82) is 0 Å². The number of likely N-dealkylation sites (tertiary alicyclic amines) is 1. The fourth-order valence-corrected chi connectivity index (χ4v) is 5.04. The van der Waals surface area contributed by atoms with E-state index in [1.165, 1.54) is 22.7 Å². The van der Waals surface area contributed by atoms with Gasteiger partial charge in [-0.1, -0.05) is 0 Å². The lowest BCUT2D eigenvalue weighted by Crippen LogP contribution is -2.48. The van der Waals surface area contributed by atoms with Crippen LogP contribution < -0.4 is 4.90 Å². The Labute approximate surface area is 153 Å². The third-order valence-corrected chi connectivity index (χ3v) is 6.38. The number of piperidine rings is 1. The monoisotopic (exact) mass is 358 g/mol. The average molecular weight is 359 g/mol. The normalized spacial score (nSPS) is 27.0. The molecule has 2 aromatic heterocycles. The molecule has 4 heterocycles. The van der Waals surface area contributed by atoms with E-state index >= 15 is 0 Å². The fourth-order valence-electron chi connectivity index (χ4n) is 4.11. The largest absolute Gasteiger partial charge is 0.371 e. The number of anilines is 1. The maximum atomic E-state index is 6.37. The summed E-state index contributed by atoms with van der Waals surface area (Å²) in [5, 5.41) is 0. The zero-order valence-corrected chi connectivity index (χ0v) is 15.8. The predicted octanol–water partition coefficient (Wildman–Crippen LogP) is 3.11. The minimum absolute atomic E-state index is 0.00173. The number of hydrogen-bond acceptors (Lipinski definition) is 6. The van der Waals surface area contributed by atoms with Crippen LogP contribution in [0.15, 0.2) is 30.6 Å². The molecule has 2 atom stereocenters. The van der Waals surface area contributed by atoms with Crippen molar-refractivity contribution in [2.75, 3.05) is 31.6 Å². The number of aryl methyl sites for hydroxylation is 1. The maximum absolute atomic E-state index is 6.37. The van der Waals surface area contributed by atoms with Crippen molar-refractivity contribution < 1.29 is 4.74 Å². The quantitative estimate of drug-likeness (QED) is 0.840. The smallest absolute Gasteiger partial charge is 0.225 e. The zero-order chi connectivity index (χ0) is 17.3. The van der Waals surface area contributed by atoms with Crippen LogP contribution in [-0.4, -0.2) is 53.3 Å². The molecule has 5 nitrogen and oxygen atoms in total. The molecule has 0 unspecified atom stereocenters. The Kier molecular flexibility index (Phi) is 4.75. The van der Waals surface area contributed by atoms with Crippen molar-refractivity contribution in [2.24, 2.45) is 0 Å². The molecule has 2 aromatic rings. The highest BCUT2D eigenvalue weighted by molar-refractivity contribution is 7.11. The van der Waals surface area contributed by atoms with Gasteiger partial charge in [0.1, 0.15) is 0 Å². The summed E-state index contributed by atoms with van der Waals surface area (Å²) in [6.07, 6.45) is 7.03. The van der Waals surface area contributed by atoms with E-state index in [2.05, 4.69) is 45.9 Å². The molecule has 2 aliphatic rings. The van der Waals surface area contributed by atoms with Gasteiger partial charge in [0.25, 0.3) is 0 Å². The summed E-state index contributed by atoms with van der Waals surface area (Å²) in [5.74, 6) is 0.787. The number of nitrogens with zero attached hydrogens (tertiary/aromatic N) is 4. The van der Waals surface area contributed by atoms with E-state index in [9.17, 15) is 0 Å². The Balaban J connectivity index is 1.40. The summed E-state index contributed by atoms with van der Waals surface area (Å²) in [7, 11) is 2.08. The van der Waals surface area contributed by atoms with Gasteiger partial charge in [0, 0.05) is 48.7 Å². The van der Waals surface area contributed by atoms with Gasteiger partial charge in [0.15, 0.2) is 0 Å². The summed E-state index contributed by atoms with van der Waals surface area (Å²) < 4.78 is 6.37. The van der Waals surface area contributed by atoms with Gasteiger partial charge in [-0.2, -0.15) is 0 Å². The second kappa shape index (κ2) is 7.02. The zero-order valence-electron chi connectivity index (χ0n) is 15.0.